The number of nitro groups is 1. The van der Waals surface area contributed by atoms with Crippen molar-refractivity contribution >= 4 is 5.69 Å². The van der Waals surface area contributed by atoms with E-state index in [1.165, 1.54) is 13.2 Å². The fourth-order valence-corrected chi connectivity index (χ4v) is 2.07. The second-order valence-electron chi connectivity index (χ2n) is 5.66. The molecular formula is C14H22N2O3. The third kappa shape index (κ3) is 3.92. The molecule has 0 radical (unpaired) electrons. The zero-order valence-corrected chi connectivity index (χ0v) is 12.2. The lowest BCUT2D eigenvalue weighted by atomic mass is 9.83. The number of methoxy groups -OCH3 is 1. The van der Waals surface area contributed by atoms with E-state index < -0.39 is 0 Å². The Morgan fingerprint density at radius 3 is 2.47 bits per heavy atom. The first-order chi connectivity index (χ1) is 8.79. The molecule has 0 saturated heterocycles. The van der Waals surface area contributed by atoms with Crippen LogP contribution in [0.1, 0.15) is 26.3 Å². The summed E-state index contributed by atoms with van der Waals surface area (Å²) in [6.07, 6.45) is 0.611. The lowest BCUT2D eigenvalue weighted by Gasteiger charge is -2.30. The van der Waals surface area contributed by atoms with Gasteiger partial charge in [0.15, 0.2) is 0 Å². The number of nitrogens with zero attached hydrogens (tertiary/aromatic N) is 1. The van der Waals surface area contributed by atoms with Crippen LogP contribution in [0.15, 0.2) is 18.2 Å². The van der Waals surface area contributed by atoms with Gasteiger partial charge < -0.3 is 10.1 Å². The van der Waals surface area contributed by atoms with Gasteiger partial charge in [0.05, 0.1) is 18.1 Å². The normalized spacial score (nSPS) is 13.1. The fourth-order valence-electron chi connectivity index (χ4n) is 2.07. The number of ether oxygens (including phenoxy) is 1. The molecule has 1 unspecified atom stereocenters. The predicted octanol–water partition coefficient (Wildman–Crippen LogP) is 2.78. The molecule has 0 bridgehead atoms. The van der Waals surface area contributed by atoms with Crippen molar-refractivity contribution in [2.75, 3.05) is 14.2 Å². The van der Waals surface area contributed by atoms with Crippen molar-refractivity contribution in [1.29, 1.82) is 0 Å². The minimum Gasteiger partial charge on any atom is -0.497 e. The third-order valence-electron chi connectivity index (χ3n) is 3.31. The number of hydrogen-bond donors (Lipinski definition) is 1. The summed E-state index contributed by atoms with van der Waals surface area (Å²) in [5.74, 6) is 0.507. The topological polar surface area (TPSA) is 64.4 Å². The summed E-state index contributed by atoms with van der Waals surface area (Å²) in [5.41, 5.74) is 0.867. The summed E-state index contributed by atoms with van der Waals surface area (Å²) in [5, 5.41) is 14.4. The molecule has 0 aliphatic carbocycles. The van der Waals surface area contributed by atoms with E-state index in [1.807, 2.05) is 7.05 Å². The Morgan fingerprint density at radius 1 is 1.42 bits per heavy atom. The van der Waals surface area contributed by atoms with E-state index in [-0.39, 0.29) is 22.1 Å². The average Bonchev–Trinajstić information content (AvgIpc) is 2.34. The highest BCUT2D eigenvalue weighted by Gasteiger charge is 2.26. The van der Waals surface area contributed by atoms with Crippen molar-refractivity contribution in [2.24, 2.45) is 5.41 Å². The molecule has 0 amide bonds. The molecule has 1 N–H and O–H groups in total. The van der Waals surface area contributed by atoms with Crippen LogP contribution in [-0.2, 0) is 6.42 Å². The Labute approximate surface area is 114 Å². The van der Waals surface area contributed by atoms with Crippen molar-refractivity contribution in [2.45, 2.75) is 33.2 Å². The number of hydrogen-bond acceptors (Lipinski definition) is 4. The summed E-state index contributed by atoms with van der Waals surface area (Å²) >= 11 is 0. The van der Waals surface area contributed by atoms with E-state index in [2.05, 4.69) is 26.1 Å². The number of rotatable bonds is 5. The smallest absolute Gasteiger partial charge is 0.276 e. The second kappa shape index (κ2) is 6.02. The molecule has 106 valence electrons. The summed E-state index contributed by atoms with van der Waals surface area (Å²) in [6, 6.07) is 5.18. The average molecular weight is 266 g/mol. The van der Waals surface area contributed by atoms with E-state index in [0.717, 1.165) is 5.56 Å². The first kappa shape index (κ1) is 15.4. The van der Waals surface area contributed by atoms with E-state index in [1.54, 1.807) is 12.1 Å². The first-order valence-electron chi connectivity index (χ1n) is 6.28. The highest BCUT2D eigenvalue weighted by Crippen LogP contribution is 2.29. The maximum Gasteiger partial charge on any atom is 0.276 e. The summed E-state index contributed by atoms with van der Waals surface area (Å²) in [7, 11) is 3.38. The number of nitrogens with one attached hydrogen (secondary N) is 1. The quantitative estimate of drug-likeness (QED) is 0.657. The van der Waals surface area contributed by atoms with Crippen LogP contribution in [0.2, 0.25) is 0 Å². The van der Waals surface area contributed by atoms with Crippen LogP contribution in [0.4, 0.5) is 5.69 Å². The molecule has 0 heterocycles. The lowest BCUT2D eigenvalue weighted by molar-refractivity contribution is -0.385. The van der Waals surface area contributed by atoms with Gasteiger partial charge in [0.25, 0.3) is 5.69 Å². The third-order valence-corrected chi connectivity index (χ3v) is 3.31. The van der Waals surface area contributed by atoms with Gasteiger partial charge in [0.1, 0.15) is 5.75 Å². The highest BCUT2D eigenvalue weighted by molar-refractivity contribution is 5.46. The Bertz CT molecular complexity index is 452. The molecule has 0 aliphatic heterocycles. The second-order valence-corrected chi connectivity index (χ2v) is 5.66. The highest BCUT2D eigenvalue weighted by atomic mass is 16.6. The van der Waals surface area contributed by atoms with E-state index in [9.17, 15) is 10.1 Å². The van der Waals surface area contributed by atoms with Gasteiger partial charge in [-0.05, 0) is 31.0 Å². The van der Waals surface area contributed by atoms with Crippen LogP contribution in [0.3, 0.4) is 0 Å². The van der Waals surface area contributed by atoms with Crippen molar-refractivity contribution in [3.8, 4) is 5.75 Å². The van der Waals surface area contributed by atoms with E-state index >= 15 is 0 Å². The van der Waals surface area contributed by atoms with Gasteiger partial charge in [-0.25, -0.2) is 0 Å². The van der Waals surface area contributed by atoms with Crippen molar-refractivity contribution in [1.82, 2.24) is 5.32 Å². The molecule has 0 fully saturated rings. The maximum atomic E-state index is 11.1. The number of benzene rings is 1. The minimum atomic E-state index is -0.354. The van der Waals surface area contributed by atoms with Gasteiger partial charge in [-0.1, -0.05) is 20.8 Å². The Balaban J connectivity index is 3.09. The molecule has 19 heavy (non-hydrogen) atoms. The van der Waals surface area contributed by atoms with Gasteiger partial charge >= 0.3 is 0 Å². The fraction of sp³-hybridized carbons (Fsp3) is 0.571. The Hall–Kier alpha value is -1.62. The zero-order valence-electron chi connectivity index (χ0n) is 12.2. The molecule has 5 heteroatoms. The van der Waals surface area contributed by atoms with Crippen LogP contribution < -0.4 is 10.1 Å². The number of likely N-dealkylation sites (N-methyl/N-ethyl adjacent to an activating group) is 1. The van der Waals surface area contributed by atoms with Crippen LogP contribution >= 0.6 is 0 Å². The van der Waals surface area contributed by atoms with Gasteiger partial charge in [-0.3, -0.25) is 10.1 Å². The van der Waals surface area contributed by atoms with Gasteiger partial charge in [-0.15, -0.1) is 0 Å². The SMILES string of the molecule is CNC(Cc1ccc(OC)cc1[N+](=O)[O-])C(C)(C)C. The van der Waals surface area contributed by atoms with E-state index in [0.29, 0.717) is 12.2 Å². The standard InChI is InChI=1S/C14H22N2O3/c1-14(2,3)13(15-4)8-10-6-7-11(19-5)9-12(10)16(17)18/h6-7,9,13,15H,8H2,1-5H3. The predicted molar refractivity (Wildman–Crippen MR) is 75.7 cm³/mol. The molecule has 0 aromatic heterocycles. The van der Waals surface area contributed by atoms with Crippen LogP contribution in [0, 0.1) is 15.5 Å². The Kier molecular flexibility index (Phi) is 4.89. The molecule has 1 atom stereocenters. The molecular weight excluding hydrogens is 244 g/mol. The first-order valence-corrected chi connectivity index (χ1v) is 6.28. The van der Waals surface area contributed by atoms with Crippen LogP contribution in [-0.4, -0.2) is 25.1 Å². The maximum absolute atomic E-state index is 11.1. The molecule has 0 saturated carbocycles. The van der Waals surface area contributed by atoms with Crippen LogP contribution in [0.5, 0.6) is 5.75 Å². The van der Waals surface area contributed by atoms with Crippen molar-refractivity contribution in [3.05, 3.63) is 33.9 Å². The molecule has 0 spiro atoms. The minimum absolute atomic E-state index is 0.0303. The van der Waals surface area contributed by atoms with Gasteiger partial charge in [-0.2, -0.15) is 0 Å². The summed E-state index contributed by atoms with van der Waals surface area (Å²) < 4.78 is 5.04. The van der Waals surface area contributed by atoms with Gasteiger partial charge in [0, 0.05) is 11.6 Å². The summed E-state index contributed by atoms with van der Waals surface area (Å²) in [4.78, 5) is 10.8. The molecule has 5 nitrogen and oxygen atoms in total. The van der Waals surface area contributed by atoms with Crippen LogP contribution in [0.25, 0.3) is 0 Å². The largest absolute Gasteiger partial charge is 0.497 e. The van der Waals surface area contributed by atoms with E-state index in [4.69, 9.17) is 4.74 Å². The molecule has 1 aromatic carbocycles. The van der Waals surface area contributed by atoms with Gasteiger partial charge in [0.2, 0.25) is 0 Å². The van der Waals surface area contributed by atoms with Crippen molar-refractivity contribution < 1.29 is 9.66 Å². The Morgan fingerprint density at radius 2 is 2.05 bits per heavy atom. The number of nitro benzene ring substituents is 1. The monoisotopic (exact) mass is 266 g/mol. The zero-order chi connectivity index (χ0) is 14.6. The lowest BCUT2D eigenvalue weighted by Crippen LogP contribution is -2.39. The molecule has 0 aliphatic rings. The molecule has 1 aromatic rings. The summed E-state index contributed by atoms with van der Waals surface area (Å²) in [6.45, 7) is 6.34. The van der Waals surface area contributed by atoms with Crippen molar-refractivity contribution in [3.63, 3.8) is 0 Å². The molecule has 1 rings (SSSR count).